The van der Waals surface area contributed by atoms with Gasteiger partial charge in [-0.25, -0.2) is 0 Å². The third-order valence-electron chi connectivity index (χ3n) is 3.80. The van der Waals surface area contributed by atoms with Crippen molar-refractivity contribution in [3.63, 3.8) is 0 Å². The van der Waals surface area contributed by atoms with Crippen LogP contribution in [0.4, 0.5) is 5.69 Å². The van der Waals surface area contributed by atoms with E-state index in [1.54, 1.807) is 0 Å². The number of aryl methyl sites for hydroxylation is 2. The highest BCUT2D eigenvalue weighted by Gasteiger charge is 2.13. The van der Waals surface area contributed by atoms with Crippen molar-refractivity contribution in [2.45, 2.75) is 46.0 Å². The van der Waals surface area contributed by atoms with E-state index < -0.39 is 0 Å². The molecule has 0 aromatic heterocycles. The van der Waals surface area contributed by atoms with Gasteiger partial charge in [0.15, 0.2) is 0 Å². The Morgan fingerprint density at radius 3 is 2.09 bits per heavy atom. The Bertz CT molecular complexity index is 618. The highest BCUT2D eigenvalue weighted by molar-refractivity contribution is 5.90. The van der Waals surface area contributed by atoms with Crippen LogP contribution in [-0.4, -0.2) is 5.91 Å². The van der Waals surface area contributed by atoms with Crippen LogP contribution < -0.4 is 5.32 Å². The summed E-state index contributed by atoms with van der Waals surface area (Å²) in [5, 5.41) is 2.94. The standard InChI is InChI=1S/C20H25NO/c1-15-5-12-18(13-6-15)21-19(22)14-9-16-7-10-17(11-8-16)20(2,3)4/h5-8,10-13H,9,14H2,1-4H3,(H,21,22). The molecule has 116 valence electrons. The van der Waals surface area contributed by atoms with Crippen LogP contribution in [0.5, 0.6) is 0 Å². The number of anilines is 1. The maximum absolute atomic E-state index is 12.0. The predicted octanol–water partition coefficient (Wildman–Crippen LogP) is 4.86. The highest BCUT2D eigenvalue weighted by atomic mass is 16.1. The molecule has 2 aromatic rings. The molecule has 0 aliphatic rings. The summed E-state index contributed by atoms with van der Waals surface area (Å²) in [4.78, 5) is 12.0. The zero-order valence-electron chi connectivity index (χ0n) is 13.9. The van der Waals surface area contributed by atoms with Crippen LogP contribution in [0.15, 0.2) is 48.5 Å². The molecule has 0 atom stereocenters. The summed E-state index contributed by atoms with van der Waals surface area (Å²) in [7, 11) is 0. The van der Waals surface area contributed by atoms with Crippen LogP contribution in [0.3, 0.4) is 0 Å². The summed E-state index contributed by atoms with van der Waals surface area (Å²) in [6, 6.07) is 16.4. The maximum atomic E-state index is 12.0. The minimum atomic E-state index is 0.0590. The van der Waals surface area contributed by atoms with Gasteiger partial charge in [-0.2, -0.15) is 0 Å². The van der Waals surface area contributed by atoms with E-state index in [1.807, 2.05) is 31.2 Å². The van der Waals surface area contributed by atoms with Gasteiger partial charge >= 0.3 is 0 Å². The molecule has 2 aromatic carbocycles. The highest BCUT2D eigenvalue weighted by Crippen LogP contribution is 2.22. The van der Waals surface area contributed by atoms with Crippen molar-refractivity contribution < 1.29 is 4.79 Å². The summed E-state index contributed by atoms with van der Waals surface area (Å²) in [6.07, 6.45) is 1.27. The van der Waals surface area contributed by atoms with Crippen LogP contribution in [-0.2, 0) is 16.6 Å². The quantitative estimate of drug-likeness (QED) is 0.857. The lowest BCUT2D eigenvalue weighted by atomic mass is 9.86. The number of hydrogen-bond acceptors (Lipinski definition) is 1. The fraction of sp³-hybridized carbons (Fsp3) is 0.350. The lowest BCUT2D eigenvalue weighted by Crippen LogP contribution is -2.13. The fourth-order valence-corrected chi connectivity index (χ4v) is 2.29. The fourth-order valence-electron chi connectivity index (χ4n) is 2.29. The molecule has 2 nitrogen and oxygen atoms in total. The van der Waals surface area contributed by atoms with E-state index in [2.05, 4.69) is 50.4 Å². The number of benzene rings is 2. The lowest BCUT2D eigenvalue weighted by molar-refractivity contribution is -0.116. The van der Waals surface area contributed by atoms with Gasteiger partial charge in [-0.15, -0.1) is 0 Å². The molecule has 0 aliphatic carbocycles. The first kappa shape index (κ1) is 16.3. The van der Waals surface area contributed by atoms with Gasteiger partial charge in [0.2, 0.25) is 5.91 Å². The Balaban J connectivity index is 1.87. The molecule has 0 aliphatic heterocycles. The monoisotopic (exact) mass is 295 g/mol. The van der Waals surface area contributed by atoms with Crippen molar-refractivity contribution in [1.82, 2.24) is 0 Å². The second kappa shape index (κ2) is 6.78. The molecule has 0 saturated heterocycles. The van der Waals surface area contributed by atoms with E-state index in [-0.39, 0.29) is 11.3 Å². The van der Waals surface area contributed by atoms with Crippen molar-refractivity contribution in [3.05, 3.63) is 65.2 Å². The number of carbonyl (C=O) groups excluding carboxylic acids is 1. The number of amides is 1. The molecule has 0 bridgehead atoms. The molecule has 2 heteroatoms. The Morgan fingerprint density at radius 2 is 1.55 bits per heavy atom. The van der Waals surface area contributed by atoms with Gasteiger partial charge in [0.05, 0.1) is 0 Å². The molecular formula is C20H25NO. The van der Waals surface area contributed by atoms with Crippen molar-refractivity contribution >= 4 is 11.6 Å². The van der Waals surface area contributed by atoms with Crippen LogP contribution in [0.1, 0.15) is 43.9 Å². The molecule has 1 N–H and O–H groups in total. The van der Waals surface area contributed by atoms with Gasteiger partial charge in [-0.1, -0.05) is 62.7 Å². The van der Waals surface area contributed by atoms with E-state index in [9.17, 15) is 4.79 Å². The summed E-state index contributed by atoms with van der Waals surface area (Å²) in [5.74, 6) is 0.0590. The van der Waals surface area contributed by atoms with E-state index in [0.717, 1.165) is 12.1 Å². The molecule has 22 heavy (non-hydrogen) atoms. The summed E-state index contributed by atoms with van der Waals surface area (Å²) >= 11 is 0. The molecule has 0 unspecified atom stereocenters. The first-order valence-corrected chi connectivity index (χ1v) is 7.80. The average molecular weight is 295 g/mol. The first-order valence-electron chi connectivity index (χ1n) is 7.80. The number of hydrogen-bond donors (Lipinski definition) is 1. The van der Waals surface area contributed by atoms with E-state index in [1.165, 1.54) is 16.7 Å². The van der Waals surface area contributed by atoms with Gasteiger partial charge in [0.25, 0.3) is 0 Å². The van der Waals surface area contributed by atoms with E-state index in [4.69, 9.17) is 0 Å². The second-order valence-electron chi connectivity index (χ2n) is 6.86. The topological polar surface area (TPSA) is 29.1 Å². The Hall–Kier alpha value is -2.09. The predicted molar refractivity (Wildman–Crippen MR) is 93.3 cm³/mol. The van der Waals surface area contributed by atoms with Gasteiger partial charge in [0, 0.05) is 12.1 Å². The van der Waals surface area contributed by atoms with Crippen molar-refractivity contribution in [3.8, 4) is 0 Å². The van der Waals surface area contributed by atoms with E-state index >= 15 is 0 Å². The van der Waals surface area contributed by atoms with Crippen molar-refractivity contribution in [2.75, 3.05) is 5.32 Å². The van der Waals surface area contributed by atoms with Crippen LogP contribution in [0, 0.1) is 6.92 Å². The van der Waals surface area contributed by atoms with Crippen LogP contribution in [0.25, 0.3) is 0 Å². The van der Waals surface area contributed by atoms with Gasteiger partial charge in [0.1, 0.15) is 0 Å². The Kier molecular flexibility index (Phi) is 5.02. The minimum Gasteiger partial charge on any atom is -0.326 e. The zero-order valence-corrected chi connectivity index (χ0v) is 13.9. The molecule has 1 amide bonds. The molecule has 2 rings (SSSR count). The zero-order chi connectivity index (χ0) is 16.2. The van der Waals surface area contributed by atoms with Crippen LogP contribution >= 0.6 is 0 Å². The Labute approximate surface area is 133 Å². The summed E-state index contributed by atoms with van der Waals surface area (Å²) in [5.41, 5.74) is 4.74. The number of nitrogens with one attached hydrogen (secondary N) is 1. The number of carbonyl (C=O) groups is 1. The third kappa shape index (κ3) is 4.73. The van der Waals surface area contributed by atoms with Crippen molar-refractivity contribution in [1.29, 1.82) is 0 Å². The van der Waals surface area contributed by atoms with Gasteiger partial charge in [-0.3, -0.25) is 4.79 Å². The Morgan fingerprint density at radius 1 is 0.955 bits per heavy atom. The summed E-state index contributed by atoms with van der Waals surface area (Å²) < 4.78 is 0. The molecule has 0 spiro atoms. The minimum absolute atomic E-state index is 0.0590. The van der Waals surface area contributed by atoms with Crippen molar-refractivity contribution in [2.24, 2.45) is 0 Å². The SMILES string of the molecule is Cc1ccc(NC(=O)CCc2ccc(C(C)(C)C)cc2)cc1. The largest absolute Gasteiger partial charge is 0.326 e. The van der Waals surface area contributed by atoms with Gasteiger partial charge < -0.3 is 5.32 Å². The van der Waals surface area contributed by atoms with Crippen LogP contribution in [0.2, 0.25) is 0 Å². The van der Waals surface area contributed by atoms with E-state index in [0.29, 0.717) is 6.42 Å². The molecule has 0 radical (unpaired) electrons. The van der Waals surface area contributed by atoms with Gasteiger partial charge in [-0.05, 0) is 42.0 Å². The smallest absolute Gasteiger partial charge is 0.224 e. The molecular weight excluding hydrogens is 270 g/mol. The lowest BCUT2D eigenvalue weighted by Gasteiger charge is -2.19. The maximum Gasteiger partial charge on any atom is 0.224 e. The normalized spacial score (nSPS) is 11.3. The number of rotatable bonds is 4. The molecule has 0 saturated carbocycles. The first-order chi connectivity index (χ1) is 10.3. The molecule has 0 heterocycles. The molecule has 0 fully saturated rings. The average Bonchev–Trinajstić information content (AvgIpc) is 2.47. The third-order valence-corrected chi connectivity index (χ3v) is 3.80. The summed E-state index contributed by atoms with van der Waals surface area (Å²) in [6.45, 7) is 8.65. The second-order valence-corrected chi connectivity index (χ2v) is 6.86.